The predicted molar refractivity (Wildman–Crippen MR) is 108 cm³/mol. The number of amides is 1. The molecule has 0 spiro atoms. The van der Waals surface area contributed by atoms with Crippen molar-refractivity contribution >= 4 is 17.5 Å². The zero-order valence-corrected chi connectivity index (χ0v) is 16.8. The van der Waals surface area contributed by atoms with Crippen molar-refractivity contribution in [1.82, 2.24) is 20.4 Å². The van der Waals surface area contributed by atoms with Crippen molar-refractivity contribution in [3.63, 3.8) is 0 Å². The Morgan fingerprint density at radius 2 is 2.00 bits per heavy atom. The van der Waals surface area contributed by atoms with E-state index >= 15 is 0 Å². The minimum Gasteiger partial charge on any atom is -0.468 e. The highest BCUT2D eigenvalue weighted by molar-refractivity contribution is 6.30. The molecule has 4 rings (SSSR count). The van der Waals surface area contributed by atoms with Crippen LogP contribution in [-0.4, -0.2) is 40.6 Å². The fourth-order valence-corrected chi connectivity index (χ4v) is 3.66. The van der Waals surface area contributed by atoms with Crippen LogP contribution in [0.15, 0.2) is 51.6 Å². The molecule has 3 heterocycles. The summed E-state index contributed by atoms with van der Waals surface area (Å²) in [4.78, 5) is 19.1. The summed E-state index contributed by atoms with van der Waals surface area (Å²) in [7, 11) is 0. The second-order valence-corrected chi connectivity index (χ2v) is 7.53. The summed E-state index contributed by atoms with van der Waals surface area (Å²) in [6.07, 6.45) is 4.71. The second-order valence-electron chi connectivity index (χ2n) is 7.10. The number of likely N-dealkylation sites (tertiary alicyclic amines) is 1. The lowest BCUT2D eigenvalue weighted by atomic mass is 10.2. The van der Waals surface area contributed by atoms with Crippen molar-refractivity contribution in [1.29, 1.82) is 0 Å². The molecule has 1 aromatic carbocycles. The largest absolute Gasteiger partial charge is 0.468 e. The number of carbonyl (C=O) groups is 1. The van der Waals surface area contributed by atoms with Crippen LogP contribution in [0, 0.1) is 0 Å². The van der Waals surface area contributed by atoms with Crippen LogP contribution >= 0.6 is 11.6 Å². The van der Waals surface area contributed by atoms with E-state index in [2.05, 4.69) is 20.4 Å². The zero-order chi connectivity index (χ0) is 20.1. The molecule has 29 heavy (non-hydrogen) atoms. The highest BCUT2D eigenvalue weighted by atomic mass is 35.5. The Morgan fingerprint density at radius 1 is 1.21 bits per heavy atom. The van der Waals surface area contributed by atoms with E-state index < -0.39 is 0 Å². The SMILES string of the molecule is O=C(CCc1nc(-c2ccc(Cl)cc2)no1)NCC(c1ccco1)N1CCCC1. The first-order chi connectivity index (χ1) is 14.2. The molecule has 1 atom stereocenters. The lowest BCUT2D eigenvalue weighted by molar-refractivity contribution is -0.121. The van der Waals surface area contributed by atoms with E-state index in [1.54, 1.807) is 18.4 Å². The third-order valence-corrected chi connectivity index (χ3v) is 5.33. The Kier molecular flexibility index (Phi) is 6.27. The molecule has 0 saturated carbocycles. The van der Waals surface area contributed by atoms with Gasteiger partial charge in [-0.3, -0.25) is 9.69 Å². The number of halogens is 1. The molecule has 7 nitrogen and oxygen atoms in total. The Bertz CT molecular complexity index is 918. The van der Waals surface area contributed by atoms with Gasteiger partial charge in [-0.2, -0.15) is 4.98 Å². The van der Waals surface area contributed by atoms with Gasteiger partial charge in [0.2, 0.25) is 17.6 Å². The fourth-order valence-electron chi connectivity index (χ4n) is 3.54. The molecular formula is C21H23ClN4O3. The Balaban J connectivity index is 1.29. The minimum absolute atomic E-state index is 0.0491. The van der Waals surface area contributed by atoms with Gasteiger partial charge >= 0.3 is 0 Å². The first kappa shape index (κ1) is 19.7. The molecule has 1 unspecified atom stereocenters. The Labute approximate surface area is 174 Å². The van der Waals surface area contributed by atoms with Gasteiger partial charge < -0.3 is 14.3 Å². The van der Waals surface area contributed by atoms with Crippen molar-refractivity contribution in [2.24, 2.45) is 0 Å². The lowest BCUT2D eigenvalue weighted by Gasteiger charge is -2.25. The van der Waals surface area contributed by atoms with Gasteiger partial charge in [0.1, 0.15) is 5.76 Å². The molecule has 1 aliphatic heterocycles. The van der Waals surface area contributed by atoms with Crippen LogP contribution in [0.5, 0.6) is 0 Å². The average molecular weight is 415 g/mol. The van der Waals surface area contributed by atoms with Crippen LogP contribution in [-0.2, 0) is 11.2 Å². The summed E-state index contributed by atoms with van der Waals surface area (Å²) < 4.78 is 10.9. The third-order valence-electron chi connectivity index (χ3n) is 5.08. The molecule has 3 aromatic rings. The van der Waals surface area contributed by atoms with Crippen molar-refractivity contribution in [2.75, 3.05) is 19.6 Å². The maximum Gasteiger partial charge on any atom is 0.227 e. The van der Waals surface area contributed by atoms with Crippen LogP contribution in [0.3, 0.4) is 0 Å². The summed E-state index contributed by atoms with van der Waals surface area (Å²) in [6.45, 7) is 2.57. The van der Waals surface area contributed by atoms with Crippen molar-refractivity contribution in [3.8, 4) is 11.4 Å². The fraction of sp³-hybridized carbons (Fsp3) is 0.381. The van der Waals surface area contributed by atoms with Gasteiger partial charge in [-0.25, -0.2) is 0 Å². The number of hydrogen-bond donors (Lipinski definition) is 1. The molecule has 0 aliphatic carbocycles. The molecule has 1 aliphatic rings. The molecule has 1 amide bonds. The van der Waals surface area contributed by atoms with Crippen molar-refractivity contribution < 1.29 is 13.7 Å². The molecule has 8 heteroatoms. The zero-order valence-electron chi connectivity index (χ0n) is 16.0. The van der Waals surface area contributed by atoms with Crippen LogP contribution in [0.2, 0.25) is 5.02 Å². The Morgan fingerprint density at radius 3 is 2.72 bits per heavy atom. The predicted octanol–water partition coefficient (Wildman–Crippen LogP) is 3.87. The number of aryl methyl sites for hydroxylation is 1. The summed E-state index contributed by atoms with van der Waals surface area (Å²) in [5.74, 6) is 1.76. The number of nitrogens with zero attached hydrogens (tertiary/aromatic N) is 3. The van der Waals surface area contributed by atoms with Gasteiger partial charge in [0.25, 0.3) is 0 Å². The number of furan rings is 1. The van der Waals surface area contributed by atoms with Crippen molar-refractivity contribution in [2.45, 2.75) is 31.7 Å². The number of carbonyl (C=O) groups excluding carboxylic acids is 1. The van der Waals surface area contributed by atoms with E-state index in [0.29, 0.717) is 29.7 Å². The number of aromatic nitrogens is 2. The Hall–Kier alpha value is -2.64. The smallest absolute Gasteiger partial charge is 0.227 e. The number of nitrogens with one attached hydrogen (secondary N) is 1. The average Bonchev–Trinajstić information content (AvgIpc) is 3.50. The summed E-state index contributed by atoms with van der Waals surface area (Å²) >= 11 is 5.90. The van der Waals surface area contributed by atoms with Crippen LogP contribution in [0.25, 0.3) is 11.4 Å². The van der Waals surface area contributed by atoms with Gasteiger partial charge in [0, 0.05) is 30.0 Å². The summed E-state index contributed by atoms with van der Waals surface area (Å²) in [5.41, 5.74) is 0.820. The van der Waals surface area contributed by atoms with E-state index in [-0.39, 0.29) is 18.4 Å². The maximum absolute atomic E-state index is 12.4. The molecule has 2 aromatic heterocycles. The highest BCUT2D eigenvalue weighted by Gasteiger charge is 2.26. The molecule has 1 saturated heterocycles. The van der Waals surface area contributed by atoms with E-state index in [0.717, 1.165) is 24.4 Å². The molecule has 0 bridgehead atoms. The quantitative estimate of drug-likeness (QED) is 0.602. The van der Waals surface area contributed by atoms with E-state index in [1.165, 1.54) is 12.8 Å². The maximum atomic E-state index is 12.4. The monoisotopic (exact) mass is 414 g/mol. The highest BCUT2D eigenvalue weighted by Crippen LogP contribution is 2.25. The molecule has 0 radical (unpaired) electrons. The third kappa shape index (κ3) is 5.05. The first-order valence-electron chi connectivity index (χ1n) is 9.82. The standard InChI is InChI=1S/C21H23ClN4O3/c22-16-7-5-15(6-8-16)21-24-20(29-25-21)10-9-19(27)23-14-17(18-4-3-13-28-18)26-11-1-2-12-26/h3-8,13,17H,1-2,9-12,14H2,(H,23,27). The molecular weight excluding hydrogens is 392 g/mol. The van der Waals surface area contributed by atoms with Crippen LogP contribution in [0.1, 0.15) is 37.0 Å². The normalized spacial score (nSPS) is 15.5. The van der Waals surface area contributed by atoms with E-state index in [9.17, 15) is 4.79 Å². The lowest BCUT2D eigenvalue weighted by Crippen LogP contribution is -2.36. The molecule has 1 N–H and O–H groups in total. The van der Waals surface area contributed by atoms with E-state index in [4.69, 9.17) is 20.5 Å². The number of rotatable bonds is 8. The molecule has 152 valence electrons. The van der Waals surface area contributed by atoms with Gasteiger partial charge in [0.15, 0.2) is 0 Å². The second kappa shape index (κ2) is 9.24. The van der Waals surface area contributed by atoms with Gasteiger partial charge in [0.05, 0.1) is 12.3 Å². The van der Waals surface area contributed by atoms with Gasteiger partial charge in [-0.15, -0.1) is 0 Å². The van der Waals surface area contributed by atoms with E-state index in [1.807, 2.05) is 24.3 Å². The van der Waals surface area contributed by atoms with Crippen LogP contribution in [0.4, 0.5) is 0 Å². The van der Waals surface area contributed by atoms with Gasteiger partial charge in [-0.1, -0.05) is 16.8 Å². The number of hydrogen-bond acceptors (Lipinski definition) is 6. The first-order valence-corrected chi connectivity index (χ1v) is 10.2. The number of benzene rings is 1. The summed E-state index contributed by atoms with van der Waals surface area (Å²) in [6, 6.07) is 11.1. The van der Waals surface area contributed by atoms with Gasteiger partial charge in [-0.05, 0) is 62.3 Å². The van der Waals surface area contributed by atoms with Crippen molar-refractivity contribution in [3.05, 3.63) is 59.3 Å². The summed E-state index contributed by atoms with van der Waals surface area (Å²) in [5, 5.41) is 7.64. The van der Waals surface area contributed by atoms with Crippen LogP contribution < -0.4 is 5.32 Å². The minimum atomic E-state index is -0.0491. The topological polar surface area (TPSA) is 84.4 Å². The molecule has 1 fully saturated rings.